The summed E-state index contributed by atoms with van der Waals surface area (Å²) in [6, 6.07) is 7.02. The van der Waals surface area contributed by atoms with Gasteiger partial charge in [-0.25, -0.2) is 4.39 Å². The monoisotopic (exact) mass is 207 g/mol. The molecule has 1 unspecified atom stereocenters. The Morgan fingerprint density at radius 2 is 1.87 bits per heavy atom. The third kappa shape index (κ3) is 2.78. The summed E-state index contributed by atoms with van der Waals surface area (Å²) in [5.74, 6) is 0.486. The zero-order valence-corrected chi connectivity index (χ0v) is 9.25. The van der Waals surface area contributed by atoms with E-state index < -0.39 is 0 Å². The molecule has 1 fully saturated rings. The highest BCUT2D eigenvalue weighted by atomic mass is 19.1. The number of hydrogen-bond acceptors (Lipinski definition) is 1. The highest BCUT2D eigenvalue weighted by molar-refractivity contribution is 5.20. The fourth-order valence-corrected chi connectivity index (χ4v) is 2.31. The molecule has 1 heterocycles. The third-order valence-corrected chi connectivity index (χ3v) is 3.29. The molecule has 0 N–H and O–H groups in total. The van der Waals surface area contributed by atoms with Crippen molar-refractivity contribution >= 4 is 0 Å². The molecule has 82 valence electrons. The molecule has 1 aromatic rings. The second-order valence-corrected chi connectivity index (χ2v) is 4.48. The minimum atomic E-state index is -0.135. The first-order valence-electron chi connectivity index (χ1n) is 5.70. The number of nitrogens with zero attached hydrogens (tertiary/aromatic N) is 1. The van der Waals surface area contributed by atoms with Crippen LogP contribution in [0.1, 0.15) is 30.7 Å². The van der Waals surface area contributed by atoms with Gasteiger partial charge in [0.15, 0.2) is 0 Å². The standard InChI is InChI=1S/C13H18FN/c1-15-9-2-3-11(8-10-15)12-4-6-13(14)7-5-12/h4-7,11H,2-3,8-10H2,1H3. The van der Waals surface area contributed by atoms with Crippen LogP contribution in [0.4, 0.5) is 4.39 Å². The first-order chi connectivity index (χ1) is 7.25. The Labute approximate surface area is 90.9 Å². The topological polar surface area (TPSA) is 3.24 Å². The van der Waals surface area contributed by atoms with Gasteiger partial charge in [0.25, 0.3) is 0 Å². The van der Waals surface area contributed by atoms with Crippen LogP contribution in [0.15, 0.2) is 24.3 Å². The Morgan fingerprint density at radius 1 is 1.13 bits per heavy atom. The number of hydrogen-bond donors (Lipinski definition) is 0. The Kier molecular flexibility index (Phi) is 3.37. The van der Waals surface area contributed by atoms with E-state index in [4.69, 9.17) is 0 Å². The summed E-state index contributed by atoms with van der Waals surface area (Å²) in [6.07, 6.45) is 3.68. The molecule has 1 aliphatic heterocycles. The molecule has 2 heteroatoms. The summed E-state index contributed by atoms with van der Waals surface area (Å²) in [6.45, 7) is 2.35. The molecular weight excluding hydrogens is 189 g/mol. The van der Waals surface area contributed by atoms with Crippen molar-refractivity contribution in [2.24, 2.45) is 0 Å². The highest BCUT2D eigenvalue weighted by Crippen LogP contribution is 2.27. The molecule has 0 aromatic heterocycles. The van der Waals surface area contributed by atoms with E-state index in [9.17, 15) is 4.39 Å². The molecule has 0 aliphatic carbocycles. The number of rotatable bonds is 1. The number of likely N-dealkylation sites (tertiary alicyclic amines) is 1. The summed E-state index contributed by atoms with van der Waals surface area (Å²) in [5.41, 5.74) is 1.30. The summed E-state index contributed by atoms with van der Waals surface area (Å²) in [7, 11) is 2.17. The van der Waals surface area contributed by atoms with Crippen molar-refractivity contribution in [1.29, 1.82) is 0 Å². The van der Waals surface area contributed by atoms with Gasteiger partial charge in [0, 0.05) is 0 Å². The van der Waals surface area contributed by atoms with Gasteiger partial charge < -0.3 is 4.90 Å². The van der Waals surface area contributed by atoms with Crippen LogP contribution in [0.3, 0.4) is 0 Å². The molecule has 0 bridgehead atoms. The van der Waals surface area contributed by atoms with Gasteiger partial charge in [-0.3, -0.25) is 0 Å². The van der Waals surface area contributed by atoms with Crippen LogP contribution < -0.4 is 0 Å². The van der Waals surface area contributed by atoms with E-state index in [0.29, 0.717) is 5.92 Å². The maximum absolute atomic E-state index is 12.8. The van der Waals surface area contributed by atoms with Gasteiger partial charge in [0.1, 0.15) is 5.82 Å². The molecular formula is C13H18FN. The predicted molar refractivity (Wildman–Crippen MR) is 60.5 cm³/mol. The van der Waals surface area contributed by atoms with E-state index in [1.807, 2.05) is 12.1 Å². The lowest BCUT2D eigenvalue weighted by Crippen LogP contribution is -2.18. The maximum atomic E-state index is 12.8. The number of halogens is 1. The van der Waals surface area contributed by atoms with E-state index in [1.54, 1.807) is 12.1 Å². The fourth-order valence-electron chi connectivity index (χ4n) is 2.31. The second-order valence-electron chi connectivity index (χ2n) is 4.48. The zero-order chi connectivity index (χ0) is 10.7. The van der Waals surface area contributed by atoms with Crippen LogP contribution in [-0.4, -0.2) is 25.0 Å². The van der Waals surface area contributed by atoms with Gasteiger partial charge in [-0.2, -0.15) is 0 Å². The summed E-state index contributed by atoms with van der Waals surface area (Å²) >= 11 is 0. The van der Waals surface area contributed by atoms with E-state index in [2.05, 4.69) is 11.9 Å². The Balaban J connectivity index is 2.06. The van der Waals surface area contributed by atoms with Gasteiger partial charge in [-0.05, 0) is 63.0 Å². The lowest BCUT2D eigenvalue weighted by atomic mass is 9.92. The minimum Gasteiger partial charge on any atom is -0.306 e. The van der Waals surface area contributed by atoms with Crippen molar-refractivity contribution in [1.82, 2.24) is 4.90 Å². The van der Waals surface area contributed by atoms with Crippen molar-refractivity contribution in [3.63, 3.8) is 0 Å². The maximum Gasteiger partial charge on any atom is 0.123 e. The van der Waals surface area contributed by atoms with Crippen LogP contribution in [0.25, 0.3) is 0 Å². The van der Waals surface area contributed by atoms with Crippen molar-refractivity contribution in [2.75, 3.05) is 20.1 Å². The summed E-state index contributed by atoms with van der Waals surface area (Å²) < 4.78 is 12.8. The van der Waals surface area contributed by atoms with Crippen LogP contribution in [0, 0.1) is 5.82 Å². The van der Waals surface area contributed by atoms with Gasteiger partial charge in [0.05, 0.1) is 0 Å². The van der Waals surface area contributed by atoms with Crippen LogP contribution >= 0.6 is 0 Å². The van der Waals surface area contributed by atoms with E-state index in [1.165, 1.54) is 31.4 Å². The number of benzene rings is 1. The van der Waals surface area contributed by atoms with Gasteiger partial charge in [0.2, 0.25) is 0 Å². The lowest BCUT2D eigenvalue weighted by molar-refractivity contribution is 0.347. The molecule has 1 aromatic carbocycles. The largest absolute Gasteiger partial charge is 0.306 e. The van der Waals surface area contributed by atoms with Crippen molar-refractivity contribution in [2.45, 2.75) is 25.2 Å². The van der Waals surface area contributed by atoms with Crippen molar-refractivity contribution in [3.05, 3.63) is 35.6 Å². The Hall–Kier alpha value is -0.890. The summed E-state index contributed by atoms with van der Waals surface area (Å²) in [4.78, 5) is 2.38. The average Bonchev–Trinajstić information content (AvgIpc) is 2.44. The van der Waals surface area contributed by atoms with Gasteiger partial charge in [-0.1, -0.05) is 12.1 Å². The highest BCUT2D eigenvalue weighted by Gasteiger charge is 2.16. The molecule has 0 amide bonds. The molecule has 1 saturated heterocycles. The molecule has 0 saturated carbocycles. The first kappa shape index (κ1) is 10.6. The molecule has 0 spiro atoms. The minimum absolute atomic E-state index is 0.135. The van der Waals surface area contributed by atoms with Gasteiger partial charge >= 0.3 is 0 Å². The van der Waals surface area contributed by atoms with Crippen LogP contribution in [-0.2, 0) is 0 Å². The molecule has 0 radical (unpaired) electrons. The predicted octanol–water partition coefficient (Wildman–Crippen LogP) is 3.03. The molecule has 15 heavy (non-hydrogen) atoms. The molecule has 1 atom stereocenters. The van der Waals surface area contributed by atoms with Crippen molar-refractivity contribution < 1.29 is 4.39 Å². The van der Waals surface area contributed by atoms with Crippen LogP contribution in [0.2, 0.25) is 0 Å². The Bertz CT molecular complexity index is 307. The Morgan fingerprint density at radius 3 is 2.60 bits per heavy atom. The third-order valence-electron chi connectivity index (χ3n) is 3.29. The quantitative estimate of drug-likeness (QED) is 0.684. The SMILES string of the molecule is CN1CCCC(c2ccc(F)cc2)CC1. The van der Waals surface area contributed by atoms with E-state index >= 15 is 0 Å². The van der Waals surface area contributed by atoms with Crippen LogP contribution in [0.5, 0.6) is 0 Å². The zero-order valence-electron chi connectivity index (χ0n) is 9.25. The van der Waals surface area contributed by atoms with E-state index in [0.717, 1.165) is 6.54 Å². The average molecular weight is 207 g/mol. The second kappa shape index (κ2) is 4.75. The molecule has 1 nitrogen and oxygen atoms in total. The smallest absolute Gasteiger partial charge is 0.123 e. The molecule has 1 aliphatic rings. The van der Waals surface area contributed by atoms with Crippen molar-refractivity contribution in [3.8, 4) is 0 Å². The normalized spacial score (nSPS) is 23.7. The first-order valence-corrected chi connectivity index (χ1v) is 5.70. The lowest BCUT2D eigenvalue weighted by Gasteiger charge is -2.15. The molecule has 2 rings (SSSR count). The summed E-state index contributed by atoms with van der Waals surface area (Å²) in [5, 5.41) is 0. The fraction of sp³-hybridized carbons (Fsp3) is 0.538. The van der Waals surface area contributed by atoms with Gasteiger partial charge in [-0.15, -0.1) is 0 Å². The van der Waals surface area contributed by atoms with E-state index in [-0.39, 0.29) is 5.82 Å².